The van der Waals surface area contributed by atoms with E-state index in [0.717, 1.165) is 16.7 Å². The number of nitrogens with one attached hydrogen (secondary N) is 1. The largest absolute Gasteiger partial charge is 0.478 e. The van der Waals surface area contributed by atoms with Gasteiger partial charge >= 0.3 is 5.97 Å². The first-order valence-corrected chi connectivity index (χ1v) is 6.45. The minimum atomic E-state index is -0.902. The zero-order valence-corrected chi connectivity index (χ0v) is 11.5. The molecule has 1 aromatic carbocycles. The van der Waals surface area contributed by atoms with Gasteiger partial charge in [-0.3, -0.25) is 0 Å². The molecule has 0 bridgehead atoms. The van der Waals surface area contributed by atoms with Crippen LogP contribution in [0.15, 0.2) is 22.7 Å². The Bertz CT molecular complexity index is 457. The molecule has 1 unspecified atom stereocenters. The fourth-order valence-corrected chi connectivity index (χ4v) is 2.47. The third-order valence-corrected chi connectivity index (χ3v) is 3.87. The molecule has 2 N–H and O–H groups in total. The van der Waals surface area contributed by atoms with Crippen LogP contribution < -0.4 is 5.32 Å². The minimum absolute atomic E-state index is 0.303. The molecule has 0 aliphatic heterocycles. The second-order valence-corrected chi connectivity index (χ2v) is 6.22. The molecule has 1 aliphatic rings. The van der Waals surface area contributed by atoms with E-state index in [0.29, 0.717) is 16.9 Å². The van der Waals surface area contributed by atoms with Crippen molar-refractivity contribution in [3.05, 3.63) is 28.2 Å². The van der Waals surface area contributed by atoms with Crippen LogP contribution in [-0.4, -0.2) is 17.6 Å². The van der Waals surface area contributed by atoms with E-state index < -0.39 is 5.97 Å². The Morgan fingerprint density at radius 2 is 2.18 bits per heavy atom. The third kappa shape index (κ3) is 3.00. The zero-order valence-electron chi connectivity index (χ0n) is 9.96. The molecular weight excluding hydrogens is 282 g/mol. The van der Waals surface area contributed by atoms with E-state index in [1.165, 1.54) is 6.42 Å². The monoisotopic (exact) mass is 297 g/mol. The summed E-state index contributed by atoms with van der Waals surface area (Å²) in [7, 11) is 0. The average Bonchev–Trinajstić information content (AvgIpc) is 2.83. The SMILES string of the molecule is CC1(C)CC1CNc1cc(Br)cc(C(=O)O)c1. The first-order valence-electron chi connectivity index (χ1n) is 5.66. The van der Waals surface area contributed by atoms with Gasteiger partial charge in [-0.2, -0.15) is 0 Å². The predicted molar refractivity (Wildman–Crippen MR) is 71.5 cm³/mol. The van der Waals surface area contributed by atoms with E-state index in [4.69, 9.17) is 5.11 Å². The molecule has 1 fully saturated rings. The van der Waals surface area contributed by atoms with Crippen molar-refractivity contribution < 1.29 is 9.90 Å². The number of aromatic carboxylic acids is 1. The van der Waals surface area contributed by atoms with E-state index in [-0.39, 0.29) is 0 Å². The second-order valence-electron chi connectivity index (χ2n) is 5.30. The van der Waals surface area contributed by atoms with Crippen LogP contribution in [0.1, 0.15) is 30.6 Å². The van der Waals surface area contributed by atoms with Gasteiger partial charge in [-0.1, -0.05) is 29.8 Å². The zero-order chi connectivity index (χ0) is 12.6. The average molecular weight is 298 g/mol. The van der Waals surface area contributed by atoms with Crippen molar-refractivity contribution in [3.8, 4) is 0 Å². The predicted octanol–water partition coefficient (Wildman–Crippen LogP) is 3.61. The molecule has 1 aromatic rings. The molecule has 0 saturated heterocycles. The number of hydrogen-bond donors (Lipinski definition) is 2. The summed E-state index contributed by atoms with van der Waals surface area (Å²) in [6.07, 6.45) is 1.24. The lowest BCUT2D eigenvalue weighted by atomic mass is 10.1. The summed E-state index contributed by atoms with van der Waals surface area (Å²) in [5, 5.41) is 12.3. The van der Waals surface area contributed by atoms with Crippen LogP contribution in [-0.2, 0) is 0 Å². The molecule has 2 rings (SSSR count). The quantitative estimate of drug-likeness (QED) is 0.893. The molecule has 3 nitrogen and oxygen atoms in total. The molecule has 1 saturated carbocycles. The van der Waals surface area contributed by atoms with Crippen LogP contribution >= 0.6 is 15.9 Å². The molecular formula is C13H16BrNO2. The standard InChI is InChI=1S/C13H16BrNO2/c1-13(2)6-9(13)7-15-11-4-8(12(16)17)3-10(14)5-11/h3-5,9,15H,6-7H2,1-2H3,(H,16,17). The van der Waals surface area contributed by atoms with Gasteiger partial charge in [0.1, 0.15) is 0 Å². The first kappa shape index (κ1) is 12.4. The number of carboxylic acids is 1. The highest BCUT2D eigenvalue weighted by molar-refractivity contribution is 9.10. The Kier molecular flexibility index (Phi) is 3.17. The topological polar surface area (TPSA) is 49.3 Å². The highest BCUT2D eigenvalue weighted by Gasteiger charge is 2.44. The van der Waals surface area contributed by atoms with E-state index >= 15 is 0 Å². The van der Waals surface area contributed by atoms with Gasteiger partial charge in [0.05, 0.1) is 5.56 Å². The van der Waals surface area contributed by atoms with Crippen LogP contribution in [0.4, 0.5) is 5.69 Å². The number of benzene rings is 1. The maximum atomic E-state index is 10.9. The summed E-state index contributed by atoms with van der Waals surface area (Å²) in [6, 6.07) is 5.18. The van der Waals surface area contributed by atoms with E-state index in [1.807, 2.05) is 6.07 Å². The first-order chi connectivity index (χ1) is 7.88. The van der Waals surface area contributed by atoms with Crippen molar-refractivity contribution in [3.63, 3.8) is 0 Å². The van der Waals surface area contributed by atoms with Gasteiger partial charge in [-0.25, -0.2) is 4.79 Å². The molecule has 17 heavy (non-hydrogen) atoms. The van der Waals surface area contributed by atoms with Crippen LogP contribution in [0, 0.1) is 11.3 Å². The highest BCUT2D eigenvalue weighted by Crippen LogP contribution is 2.51. The number of carbonyl (C=O) groups is 1. The fourth-order valence-electron chi connectivity index (χ4n) is 1.98. The number of anilines is 1. The number of carboxylic acid groups (broad SMARTS) is 1. The summed E-state index contributed by atoms with van der Waals surface area (Å²) in [5.74, 6) is -0.212. The number of halogens is 1. The second kappa shape index (κ2) is 4.33. The van der Waals surface area contributed by atoms with Crippen molar-refractivity contribution in [1.29, 1.82) is 0 Å². The van der Waals surface area contributed by atoms with Crippen LogP contribution in [0.25, 0.3) is 0 Å². The van der Waals surface area contributed by atoms with E-state index in [1.54, 1.807) is 12.1 Å². The summed E-state index contributed by atoms with van der Waals surface area (Å²) < 4.78 is 0.787. The summed E-state index contributed by atoms with van der Waals surface area (Å²) in [4.78, 5) is 10.9. The van der Waals surface area contributed by atoms with Gasteiger partial charge in [-0.15, -0.1) is 0 Å². The Hall–Kier alpha value is -1.03. The van der Waals surface area contributed by atoms with Gasteiger partial charge in [0.25, 0.3) is 0 Å². The highest BCUT2D eigenvalue weighted by atomic mass is 79.9. The minimum Gasteiger partial charge on any atom is -0.478 e. The molecule has 1 aliphatic carbocycles. The smallest absolute Gasteiger partial charge is 0.335 e. The van der Waals surface area contributed by atoms with Crippen molar-refractivity contribution >= 4 is 27.6 Å². The maximum Gasteiger partial charge on any atom is 0.335 e. The normalized spacial score (nSPS) is 21.0. The summed E-state index contributed by atoms with van der Waals surface area (Å²) in [6.45, 7) is 5.41. The van der Waals surface area contributed by atoms with Crippen LogP contribution in [0.3, 0.4) is 0 Å². The lowest BCUT2D eigenvalue weighted by Gasteiger charge is -2.09. The van der Waals surface area contributed by atoms with Crippen molar-refractivity contribution in [2.24, 2.45) is 11.3 Å². The van der Waals surface area contributed by atoms with Crippen molar-refractivity contribution in [2.75, 3.05) is 11.9 Å². The lowest BCUT2D eigenvalue weighted by molar-refractivity contribution is 0.0697. The number of hydrogen-bond acceptors (Lipinski definition) is 2. The molecule has 0 amide bonds. The lowest BCUT2D eigenvalue weighted by Crippen LogP contribution is -2.08. The van der Waals surface area contributed by atoms with Crippen LogP contribution in [0.2, 0.25) is 0 Å². The molecule has 4 heteroatoms. The Morgan fingerprint density at radius 3 is 2.71 bits per heavy atom. The Labute approximate surface area is 109 Å². The Morgan fingerprint density at radius 1 is 1.53 bits per heavy atom. The van der Waals surface area contributed by atoms with Crippen LogP contribution in [0.5, 0.6) is 0 Å². The third-order valence-electron chi connectivity index (χ3n) is 3.41. The maximum absolute atomic E-state index is 10.9. The molecule has 0 spiro atoms. The van der Waals surface area contributed by atoms with Crippen molar-refractivity contribution in [2.45, 2.75) is 20.3 Å². The fraction of sp³-hybridized carbons (Fsp3) is 0.462. The van der Waals surface area contributed by atoms with E-state index in [2.05, 4.69) is 35.1 Å². The molecule has 0 heterocycles. The van der Waals surface area contributed by atoms with Gasteiger partial charge in [0, 0.05) is 16.7 Å². The molecule has 1 atom stereocenters. The Balaban J connectivity index is 2.03. The van der Waals surface area contributed by atoms with Crippen molar-refractivity contribution in [1.82, 2.24) is 0 Å². The molecule has 0 radical (unpaired) electrons. The number of rotatable bonds is 4. The van der Waals surface area contributed by atoms with E-state index in [9.17, 15) is 4.79 Å². The van der Waals surface area contributed by atoms with Gasteiger partial charge in [-0.05, 0) is 36.0 Å². The summed E-state index contributed by atoms with van der Waals surface area (Å²) in [5.41, 5.74) is 1.60. The molecule has 92 valence electrons. The van der Waals surface area contributed by atoms with Gasteiger partial charge < -0.3 is 10.4 Å². The van der Waals surface area contributed by atoms with Gasteiger partial charge in [0.2, 0.25) is 0 Å². The molecule has 0 aromatic heterocycles. The summed E-state index contributed by atoms with van der Waals surface area (Å²) >= 11 is 3.32. The van der Waals surface area contributed by atoms with Gasteiger partial charge in [0.15, 0.2) is 0 Å².